The zero-order valence-corrected chi connectivity index (χ0v) is 13.8. The Hall–Kier alpha value is -0.610. The van der Waals surface area contributed by atoms with Crippen molar-refractivity contribution in [3.05, 3.63) is 48.6 Å². The third-order valence-electron chi connectivity index (χ3n) is 4.10. The van der Waals surface area contributed by atoms with Gasteiger partial charge in [0.05, 0.1) is 0 Å². The van der Waals surface area contributed by atoms with E-state index in [2.05, 4.69) is 56.8 Å². The van der Waals surface area contributed by atoms with Crippen LogP contribution in [0.1, 0.15) is 45.1 Å². The predicted molar refractivity (Wildman–Crippen MR) is 93.1 cm³/mol. The van der Waals surface area contributed by atoms with Crippen LogP contribution < -0.4 is 0 Å². The number of benzene rings is 1. The minimum absolute atomic E-state index is 1.12. The molecule has 0 saturated carbocycles. The normalized spacial score (nSPS) is 12.3. The van der Waals surface area contributed by atoms with Crippen molar-refractivity contribution in [2.45, 2.75) is 45.7 Å². The summed E-state index contributed by atoms with van der Waals surface area (Å²) in [6.45, 7) is 8.59. The molecule has 0 spiro atoms. The molecule has 108 valence electrons. The Morgan fingerprint density at radius 2 is 1.63 bits per heavy atom. The van der Waals surface area contributed by atoms with E-state index < -0.39 is 7.26 Å². The average molecular weight is 278 g/mol. The van der Waals surface area contributed by atoms with Crippen LogP contribution in [-0.2, 0) is 6.16 Å². The van der Waals surface area contributed by atoms with Crippen LogP contribution in [0, 0.1) is 0 Å². The Morgan fingerprint density at radius 1 is 1.00 bits per heavy atom. The number of hydrogen-bond acceptors (Lipinski definition) is 0. The van der Waals surface area contributed by atoms with Crippen LogP contribution in [0.2, 0.25) is 0 Å². The summed E-state index contributed by atoms with van der Waals surface area (Å²) in [5.74, 6) is 0. The Bertz CT molecular complexity index is 336. The molecule has 19 heavy (non-hydrogen) atoms. The van der Waals surface area contributed by atoms with Gasteiger partial charge in [0.15, 0.2) is 0 Å². The molecular formula is C18H31P. The summed E-state index contributed by atoms with van der Waals surface area (Å²) in [4.78, 5) is 0. The molecule has 0 bridgehead atoms. The fourth-order valence-corrected chi connectivity index (χ4v) is 8.81. The molecule has 0 aromatic heterocycles. The van der Waals surface area contributed by atoms with Crippen molar-refractivity contribution in [2.24, 2.45) is 0 Å². The zero-order chi connectivity index (χ0) is 14.0. The topological polar surface area (TPSA) is 0 Å². The van der Waals surface area contributed by atoms with Crippen LogP contribution in [0.15, 0.2) is 43.0 Å². The van der Waals surface area contributed by atoms with Gasteiger partial charge < -0.3 is 0 Å². The number of rotatable bonds is 10. The van der Waals surface area contributed by atoms with Gasteiger partial charge in [-0.1, -0.05) is 0 Å². The van der Waals surface area contributed by atoms with Crippen molar-refractivity contribution in [3.63, 3.8) is 0 Å². The molecule has 0 aliphatic heterocycles. The Labute approximate surface area is 120 Å². The molecule has 0 heterocycles. The van der Waals surface area contributed by atoms with Crippen LogP contribution >= 0.6 is 7.26 Å². The van der Waals surface area contributed by atoms with E-state index in [0.29, 0.717) is 0 Å². The molecule has 0 unspecified atom stereocenters. The van der Waals surface area contributed by atoms with E-state index in [1.54, 1.807) is 5.56 Å². The van der Waals surface area contributed by atoms with Gasteiger partial charge in [-0.3, -0.25) is 0 Å². The van der Waals surface area contributed by atoms with Crippen molar-refractivity contribution in [1.82, 2.24) is 0 Å². The number of hydrogen-bond donors (Lipinski definition) is 0. The summed E-state index contributed by atoms with van der Waals surface area (Å²) < 4.78 is 0. The van der Waals surface area contributed by atoms with Crippen LogP contribution in [0.3, 0.4) is 0 Å². The molecule has 1 heteroatoms. The molecule has 0 N–H and O–H groups in total. The molecular weight excluding hydrogens is 247 g/mol. The van der Waals surface area contributed by atoms with E-state index >= 15 is 0 Å². The van der Waals surface area contributed by atoms with E-state index in [4.69, 9.17) is 0 Å². The SMILES string of the molecule is C=CCCC[PH](CCC)(CCC)Cc1ccccc1. The van der Waals surface area contributed by atoms with E-state index in [1.807, 2.05) is 0 Å². The van der Waals surface area contributed by atoms with Crippen molar-refractivity contribution < 1.29 is 0 Å². The third-order valence-corrected chi connectivity index (χ3v) is 9.79. The van der Waals surface area contributed by atoms with Gasteiger partial charge in [-0.15, -0.1) is 0 Å². The molecule has 1 aromatic rings. The van der Waals surface area contributed by atoms with Gasteiger partial charge in [-0.2, -0.15) is 0 Å². The standard InChI is InChI=1S/C18H31P/c1-4-7-11-16-19(14-5-2,15-6-3)17-18-12-9-8-10-13-18/h4,8-10,12-13,19H,1,5-7,11,14-17H2,2-3H3. The third kappa shape index (κ3) is 5.91. The van der Waals surface area contributed by atoms with Gasteiger partial charge in [0.25, 0.3) is 0 Å². The van der Waals surface area contributed by atoms with Crippen LogP contribution in [-0.4, -0.2) is 18.5 Å². The Morgan fingerprint density at radius 3 is 2.16 bits per heavy atom. The quantitative estimate of drug-likeness (QED) is 0.291. The molecule has 0 nitrogen and oxygen atoms in total. The van der Waals surface area contributed by atoms with Gasteiger partial charge in [-0.05, 0) is 0 Å². The molecule has 0 amide bonds. The van der Waals surface area contributed by atoms with Gasteiger partial charge in [-0.25, -0.2) is 0 Å². The molecule has 0 atom stereocenters. The second kappa shape index (κ2) is 9.32. The number of unbranched alkanes of at least 4 members (excludes halogenated alkanes) is 1. The van der Waals surface area contributed by atoms with Crippen LogP contribution in [0.4, 0.5) is 0 Å². The molecule has 0 aliphatic rings. The van der Waals surface area contributed by atoms with Crippen molar-refractivity contribution in [2.75, 3.05) is 18.5 Å². The molecule has 0 saturated heterocycles. The Kier molecular flexibility index (Phi) is 8.07. The molecule has 0 aliphatic carbocycles. The predicted octanol–water partition coefficient (Wildman–Crippen LogP) is 5.72. The first-order chi connectivity index (χ1) is 9.26. The second-order valence-corrected chi connectivity index (χ2v) is 10.7. The summed E-state index contributed by atoms with van der Waals surface area (Å²) in [6.07, 6.45) is 13.2. The maximum absolute atomic E-state index is 3.87. The zero-order valence-electron chi connectivity index (χ0n) is 12.8. The van der Waals surface area contributed by atoms with Crippen molar-refractivity contribution >= 4 is 7.26 Å². The van der Waals surface area contributed by atoms with Crippen molar-refractivity contribution in [3.8, 4) is 0 Å². The molecule has 0 radical (unpaired) electrons. The van der Waals surface area contributed by atoms with Gasteiger partial charge in [0, 0.05) is 0 Å². The molecule has 1 rings (SSSR count). The van der Waals surface area contributed by atoms with Crippen molar-refractivity contribution in [1.29, 1.82) is 0 Å². The summed E-state index contributed by atoms with van der Waals surface area (Å²) in [6, 6.07) is 11.2. The minimum atomic E-state index is -1.12. The summed E-state index contributed by atoms with van der Waals surface area (Å²) in [5.41, 5.74) is 1.56. The fraction of sp³-hybridized carbons (Fsp3) is 0.556. The monoisotopic (exact) mass is 278 g/mol. The van der Waals surface area contributed by atoms with E-state index in [0.717, 1.165) is 0 Å². The van der Waals surface area contributed by atoms with E-state index in [-0.39, 0.29) is 0 Å². The average Bonchev–Trinajstić information content (AvgIpc) is 2.41. The first kappa shape index (κ1) is 16.4. The van der Waals surface area contributed by atoms with Gasteiger partial charge >= 0.3 is 120 Å². The van der Waals surface area contributed by atoms with Crippen LogP contribution in [0.25, 0.3) is 0 Å². The number of allylic oxidation sites excluding steroid dienone is 1. The van der Waals surface area contributed by atoms with E-state index in [1.165, 1.54) is 50.3 Å². The van der Waals surface area contributed by atoms with Crippen LogP contribution in [0.5, 0.6) is 0 Å². The summed E-state index contributed by atoms with van der Waals surface area (Å²) >= 11 is 0. The Balaban J connectivity index is 2.77. The first-order valence-electron chi connectivity index (χ1n) is 7.91. The summed E-state index contributed by atoms with van der Waals surface area (Å²) in [5, 5.41) is 0. The molecule has 1 aromatic carbocycles. The van der Waals surface area contributed by atoms with E-state index in [9.17, 15) is 0 Å². The summed E-state index contributed by atoms with van der Waals surface area (Å²) in [7, 11) is -1.12. The maximum atomic E-state index is 3.87. The second-order valence-electron chi connectivity index (χ2n) is 5.84. The van der Waals surface area contributed by atoms with Gasteiger partial charge in [0.1, 0.15) is 0 Å². The fourth-order valence-electron chi connectivity index (χ4n) is 3.35. The first-order valence-corrected chi connectivity index (χ1v) is 10.7. The molecule has 0 fully saturated rings. The van der Waals surface area contributed by atoms with Gasteiger partial charge in [0.2, 0.25) is 0 Å².